The predicted molar refractivity (Wildman–Crippen MR) is 261 cm³/mol. The second kappa shape index (κ2) is 50.8. The van der Waals surface area contributed by atoms with E-state index < -0.39 is 6.10 Å². The van der Waals surface area contributed by atoms with E-state index in [1.807, 2.05) is 0 Å². The van der Waals surface area contributed by atoms with Gasteiger partial charge in [-0.3, -0.25) is 14.4 Å². The highest BCUT2D eigenvalue weighted by molar-refractivity contribution is 5.71. The Morgan fingerprint density at radius 2 is 0.541 bits per heavy atom. The Kier molecular flexibility index (Phi) is 49.3. The highest BCUT2D eigenvalue weighted by Crippen LogP contribution is 2.16. The molecule has 0 saturated carbocycles. The number of carbonyl (C=O) groups excluding carboxylic acids is 3. The van der Waals surface area contributed by atoms with E-state index in [2.05, 4.69) is 32.9 Å². The van der Waals surface area contributed by atoms with Gasteiger partial charge in [-0.2, -0.15) is 0 Å². The number of hydrogen-bond acceptors (Lipinski definition) is 6. The van der Waals surface area contributed by atoms with Gasteiger partial charge in [0.1, 0.15) is 13.2 Å². The van der Waals surface area contributed by atoms with Crippen molar-refractivity contribution < 1.29 is 28.6 Å². The Morgan fingerprint density at radius 3 is 0.820 bits per heavy atom. The summed E-state index contributed by atoms with van der Waals surface area (Å²) in [5, 5.41) is 0. The number of unbranched alkanes of at least 4 members (excludes halogenated alkanes) is 37. The van der Waals surface area contributed by atoms with Crippen molar-refractivity contribution in [2.24, 2.45) is 0 Å². The van der Waals surface area contributed by atoms with Crippen LogP contribution in [-0.2, 0) is 28.6 Å². The van der Waals surface area contributed by atoms with E-state index in [4.69, 9.17) is 14.2 Å². The molecule has 61 heavy (non-hydrogen) atoms. The molecule has 360 valence electrons. The first-order valence-electron chi connectivity index (χ1n) is 27.2. The Labute approximate surface area is 380 Å². The van der Waals surface area contributed by atoms with Gasteiger partial charge >= 0.3 is 17.9 Å². The van der Waals surface area contributed by atoms with Crippen molar-refractivity contribution in [2.75, 3.05) is 13.2 Å². The van der Waals surface area contributed by atoms with Crippen molar-refractivity contribution in [3.8, 4) is 0 Å². The third kappa shape index (κ3) is 49.0. The summed E-state index contributed by atoms with van der Waals surface area (Å²) in [6, 6.07) is 0. The van der Waals surface area contributed by atoms with Gasteiger partial charge in [0.25, 0.3) is 0 Å². The van der Waals surface area contributed by atoms with E-state index in [1.54, 1.807) is 0 Å². The molecule has 0 heterocycles. The van der Waals surface area contributed by atoms with Crippen molar-refractivity contribution in [1.82, 2.24) is 0 Å². The van der Waals surface area contributed by atoms with Gasteiger partial charge in [0.15, 0.2) is 6.10 Å². The molecule has 0 fully saturated rings. The molecular formula is C55H104O6. The fourth-order valence-electron chi connectivity index (χ4n) is 8.14. The monoisotopic (exact) mass is 861 g/mol. The van der Waals surface area contributed by atoms with Crippen LogP contribution in [0.25, 0.3) is 0 Å². The summed E-state index contributed by atoms with van der Waals surface area (Å²) in [5.74, 6) is -0.856. The average Bonchev–Trinajstić information content (AvgIpc) is 3.26. The van der Waals surface area contributed by atoms with Gasteiger partial charge < -0.3 is 14.2 Å². The molecule has 0 bridgehead atoms. The summed E-state index contributed by atoms with van der Waals surface area (Å²) in [6.07, 6.45) is 56.2. The minimum atomic E-state index is -0.767. The fourth-order valence-corrected chi connectivity index (χ4v) is 8.14. The first-order chi connectivity index (χ1) is 30.0. The van der Waals surface area contributed by atoms with Gasteiger partial charge in [-0.1, -0.05) is 251 Å². The van der Waals surface area contributed by atoms with E-state index >= 15 is 0 Å². The Bertz CT molecular complexity index is 947. The van der Waals surface area contributed by atoms with Gasteiger partial charge in [-0.05, 0) is 44.9 Å². The van der Waals surface area contributed by atoms with E-state index in [-0.39, 0.29) is 31.1 Å². The van der Waals surface area contributed by atoms with Crippen LogP contribution in [0.3, 0.4) is 0 Å². The predicted octanol–water partition coefficient (Wildman–Crippen LogP) is 17.8. The van der Waals surface area contributed by atoms with Crippen LogP contribution in [0.5, 0.6) is 0 Å². The van der Waals surface area contributed by atoms with Gasteiger partial charge in [-0.15, -0.1) is 0 Å². The molecule has 0 spiro atoms. The largest absolute Gasteiger partial charge is 0.462 e. The van der Waals surface area contributed by atoms with E-state index in [0.717, 1.165) is 64.2 Å². The molecule has 0 aliphatic rings. The van der Waals surface area contributed by atoms with Crippen LogP contribution in [0.1, 0.15) is 303 Å². The molecule has 0 saturated heterocycles. The molecule has 0 aliphatic heterocycles. The zero-order valence-corrected chi connectivity index (χ0v) is 41.2. The number of allylic oxidation sites excluding steroid dienone is 2. The van der Waals surface area contributed by atoms with Crippen molar-refractivity contribution in [1.29, 1.82) is 0 Å². The molecule has 0 aromatic rings. The summed E-state index contributed by atoms with van der Waals surface area (Å²) in [5.41, 5.74) is 0. The molecule has 0 aromatic heterocycles. The zero-order chi connectivity index (χ0) is 44.4. The number of esters is 3. The molecule has 0 aromatic carbocycles. The molecule has 0 N–H and O–H groups in total. The van der Waals surface area contributed by atoms with Crippen LogP contribution in [0, 0.1) is 0 Å². The zero-order valence-electron chi connectivity index (χ0n) is 41.2. The molecule has 6 heteroatoms. The van der Waals surface area contributed by atoms with Crippen molar-refractivity contribution >= 4 is 17.9 Å². The van der Waals surface area contributed by atoms with Crippen LogP contribution in [0.15, 0.2) is 12.2 Å². The Morgan fingerprint density at radius 1 is 0.311 bits per heavy atom. The fraction of sp³-hybridized carbons (Fsp3) is 0.909. The number of rotatable bonds is 50. The average molecular weight is 861 g/mol. The second-order valence-electron chi connectivity index (χ2n) is 18.5. The van der Waals surface area contributed by atoms with E-state index in [9.17, 15) is 14.4 Å². The maximum atomic E-state index is 12.8. The number of carbonyl (C=O) groups is 3. The molecule has 0 rings (SSSR count). The third-order valence-electron chi connectivity index (χ3n) is 12.3. The highest BCUT2D eigenvalue weighted by Gasteiger charge is 2.19. The summed E-state index contributed by atoms with van der Waals surface area (Å²) < 4.78 is 16.8. The topological polar surface area (TPSA) is 78.9 Å². The van der Waals surface area contributed by atoms with E-state index in [1.165, 1.54) is 199 Å². The number of hydrogen-bond donors (Lipinski definition) is 0. The van der Waals surface area contributed by atoms with Gasteiger partial charge in [-0.25, -0.2) is 0 Å². The molecular weight excluding hydrogens is 757 g/mol. The summed E-state index contributed by atoms with van der Waals surface area (Å²) >= 11 is 0. The van der Waals surface area contributed by atoms with E-state index in [0.29, 0.717) is 19.3 Å². The summed E-state index contributed by atoms with van der Waals surface area (Å²) in [4.78, 5) is 38.0. The second-order valence-corrected chi connectivity index (χ2v) is 18.5. The van der Waals surface area contributed by atoms with Gasteiger partial charge in [0.2, 0.25) is 0 Å². The Balaban J connectivity index is 4.33. The van der Waals surface area contributed by atoms with Crippen LogP contribution in [0.4, 0.5) is 0 Å². The molecule has 1 unspecified atom stereocenters. The highest BCUT2D eigenvalue weighted by atomic mass is 16.6. The smallest absolute Gasteiger partial charge is 0.306 e. The van der Waals surface area contributed by atoms with Crippen molar-refractivity contribution in [3.05, 3.63) is 12.2 Å². The lowest BCUT2D eigenvalue weighted by atomic mass is 10.0. The van der Waals surface area contributed by atoms with Crippen LogP contribution in [-0.4, -0.2) is 37.2 Å². The van der Waals surface area contributed by atoms with Crippen LogP contribution in [0.2, 0.25) is 0 Å². The van der Waals surface area contributed by atoms with Crippen molar-refractivity contribution in [2.45, 2.75) is 309 Å². The lowest BCUT2D eigenvalue weighted by Crippen LogP contribution is -2.30. The Hall–Kier alpha value is -1.85. The minimum absolute atomic E-state index is 0.0677. The molecule has 1 atom stereocenters. The standard InChI is InChI=1S/C55H104O6/c1-4-7-10-13-16-19-22-25-27-30-33-36-39-42-45-48-54(57)60-51-52(50-59-53(56)47-44-41-38-35-32-29-24-21-18-15-12-9-6-3)61-55(58)49-46-43-40-37-34-31-28-26-23-20-17-14-11-8-5-2/h26,28,52H,4-25,27,29-51H2,1-3H3. The number of ether oxygens (including phenoxy) is 3. The molecule has 6 nitrogen and oxygen atoms in total. The normalized spacial score (nSPS) is 12.0. The van der Waals surface area contributed by atoms with Crippen LogP contribution < -0.4 is 0 Å². The first-order valence-corrected chi connectivity index (χ1v) is 27.2. The third-order valence-corrected chi connectivity index (χ3v) is 12.3. The van der Waals surface area contributed by atoms with Gasteiger partial charge in [0.05, 0.1) is 0 Å². The van der Waals surface area contributed by atoms with Crippen LogP contribution >= 0.6 is 0 Å². The summed E-state index contributed by atoms with van der Waals surface area (Å²) in [7, 11) is 0. The first kappa shape index (κ1) is 59.1. The maximum absolute atomic E-state index is 12.8. The SMILES string of the molecule is CCCCCCCCC=CCCCCCCCC(=O)OC(COC(=O)CCCCCCCCCCCCCCC)COC(=O)CCCCCCCCCCCCCCCCC. The minimum Gasteiger partial charge on any atom is -0.462 e. The molecule has 0 amide bonds. The quantitative estimate of drug-likeness (QED) is 0.0262. The summed E-state index contributed by atoms with van der Waals surface area (Å²) in [6.45, 7) is 6.67. The molecule has 0 radical (unpaired) electrons. The maximum Gasteiger partial charge on any atom is 0.306 e. The molecule has 0 aliphatic carbocycles. The lowest BCUT2D eigenvalue weighted by Gasteiger charge is -2.18. The van der Waals surface area contributed by atoms with Gasteiger partial charge in [0, 0.05) is 19.3 Å². The van der Waals surface area contributed by atoms with Crippen molar-refractivity contribution in [3.63, 3.8) is 0 Å². The lowest BCUT2D eigenvalue weighted by molar-refractivity contribution is -0.167.